The van der Waals surface area contributed by atoms with Crippen LogP contribution in [0.1, 0.15) is 17.2 Å². The minimum atomic E-state index is 0.0181. The molecule has 2 aromatic rings. The molecule has 2 N–H and O–H groups in total. The predicted octanol–water partition coefficient (Wildman–Crippen LogP) is 4.15. The first-order valence-corrected chi connectivity index (χ1v) is 8.01. The Hall–Kier alpha value is -1.26. The fourth-order valence-corrected chi connectivity index (χ4v) is 3.02. The molecule has 1 fully saturated rings. The maximum atomic E-state index is 6.10. The number of hydrogen-bond acceptors (Lipinski definition) is 3. The quantitative estimate of drug-likeness (QED) is 0.855. The predicted molar refractivity (Wildman–Crippen MR) is 91.3 cm³/mol. The summed E-state index contributed by atoms with van der Waals surface area (Å²) in [6.45, 7) is 3.30. The van der Waals surface area contributed by atoms with Gasteiger partial charge in [0.1, 0.15) is 0 Å². The molecule has 0 aliphatic carbocycles. The molecule has 0 bridgehead atoms. The molecule has 1 aliphatic heterocycles. The highest BCUT2D eigenvalue weighted by molar-refractivity contribution is 6.42. The molecule has 0 spiro atoms. The number of nitrogen functional groups attached to an aromatic ring is 1. The molecular formula is C17H18Cl2N2O. The van der Waals surface area contributed by atoms with E-state index < -0.39 is 0 Å². The average molecular weight is 337 g/mol. The molecule has 0 amide bonds. The molecule has 3 rings (SSSR count). The summed E-state index contributed by atoms with van der Waals surface area (Å²) in [6, 6.07) is 13.7. The molecule has 5 heteroatoms. The minimum Gasteiger partial charge on any atom is -0.399 e. The van der Waals surface area contributed by atoms with Crippen LogP contribution in [0.5, 0.6) is 0 Å². The number of nitrogens with zero attached hydrogens (tertiary/aromatic N) is 1. The summed E-state index contributed by atoms with van der Waals surface area (Å²) in [5.74, 6) is 0. The highest BCUT2D eigenvalue weighted by atomic mass is 35.5. The van der Waals surface area contributed by atoms with Crippen molar-refractivity contribution in [1.29, 1.82) is 0 Å². The van der Waals surface area contributed by atoms with Gasteiger partial charge in [0.25, 0.3) is 0 Å². The van der Waals surface area contributed by atoms with Crippen molar-refractivity contribution in [2.45, 2.75) is 12.6 Å². The van der Waals surface area contributed by atoms with E-state index >= 15 is 0 Å². The summed E-state index contributed by atoms with van der Waals surface area (Å²) in [5, 5.41) is 1.13. The van der Waals surface area contributed by atoms with Gasteiger partial charge in [-0.1, -0.05) is 41.4 Å². The Bertz CT molecular complexity index is 663. The molecule has 2 aromatic carbocycles. The second-order valence-electron chi connectivity index (χ2n) is 5.51. The third-order valence-electron chi connectivity index (χ3n) is 3.82. The molecule has 22 heavy (non-hydrogen) atoms. The fraction of sp³-hybridized carbons (Fsp3) is 0.294. The Morgan fingerprint density at radius 3 is 2.77 bits per heavy atom. The number of hydrogen-bond donors (Lipinski definition) is 1. The normalized spacial score (nSPS) is 19.3. The van der Waals surface area contributed by atoms with Gasteiger partial charge in [0.05, 0.1) is 22.8 Å². The molecule has 1 atom stereocenters. The number of rotatable bonds is 3. The van der Waals surface area contributed by atoms with Crippen LogP contribution in [0, 0.1) is 0 Å². The summed E-state index contributed by atoms with van der Waals surface area (Å²) in [4.78, 5) is 2.37. The van der Waals surface area contributed by atoms with E-state index in [0.29, 0.717) is 16.7 Å². The monoisotopic (exact) mass is 336 g/mol. The zero-order chi connectivity index (χ0) is 15.5. The van der Waals surface area contributed by atoms with Gasteiger partial charge in [0.2, 0.25) is 0 Å². The van der Waals surface area contributed by atoms with Crippen LogP contribution in [-0.2, 0) is 11.3 Å². The van der Waals surface area contributed by atoms with Crippen LogP contribution in [0.25, 0.3) is 0 Å². The first-order valence-electron chi connectivity index (χ1n) is 7.25. The van der Waals surface area contributed by atoms with Crippen LogP contribution < -0.4 is 5.73 Å². The lowest BCUT2D eigenvalue weighted by Crippen LogP contribution is -2.37. The number of halogens is 2. The van der Waals surface area contributed by atoms with E-state index in [1.807, 2.05) is 36.4 Å². The largest absolute Gasteiger partial charge is 0.399 e. The van der Waals surface area contributed by atoms with E-state index in [-0.39, 0.29) is 6.10 Å². The standard InChI is InChI=1S/C17H18Cl2N2O/c18-15-5-4-13(9-16(15)19)17-11-21(6-7-22-17)10-12-2-1-3-14(20)8-12/h1-5,8-9,17H,6-7,10-11,20H2. The number of ether oxygens (including phenoxy) is 1. The molecule has 1 saturated heterocycles. The molecule has 1 heterocycles. The second-order valence-corrected chi connectivity index (χ2v) is 6.33. The van der Waals surface area contributed by atoms with E-state index in [2.05, 4.69) is 11.0 Å². The van der Waals surface area contributed by atoms with Crippen molar-refractivity contribution in [2.75, 3.05) is 25.4 Å². The molecule has 1 unspecified atom stereocenters. The molecule has 0 aromatic heterocycles. The van der Waals surface area contributed by atoms with Gasteiger partial charge in [0, 0.05) is 25.3 Å². The van der Waals surface area contributed by atoms with E-state index in [1.54, 1.807) is 0 Å². The van der Waals surface area contributed by atoms with Gasteiger partial charge in [-0.2, -0.15) is 0 Å². The third-order valence-corrected chi connectivity index (χ3v) is 4.56. The zero-order valence-electron chi connectivity index (χ0n) is 12.1. The van der Waals surface area contributed by atoms with Gasteiger partial charge >= 0.3 is 0 Å². The second kappa shape index (κ2) is 6.88. The lowest BCUT2D eigenvalue weighted by Gasteiger charge is -2.33. The number of nitrogens with two attached hydrogens (primary N) is 1. The van der Waals surface area contributed by atoms with E-state index in [1.165, 1.54) is 5.56 Å². The first-order chi connectivity index (χ1) is 10.6. The van der Waals surface area contributed by atoms with Crippen LogP contribution >= 0.6 is 23.2 Å². The molecule has 116 valence electrons. The molecule has 0 radical (unpaired) electrons. The van der Waals surface area contributed by atoms with Crippen LogP contribution in [0.3, 0.4) is 0 Å². The van der Waals surface area contributed by atoms with Gasteiger partial charge < -0.3 is 10.5 Å². The SMILES string of the molecule is Nc1cccc(CN2CCOC(c3ccc(Cl)c(Cl)c3)C2)c1. The summed E-state index contributed by atoms with van der Waals surface area (Å²) in [5.41, 5.74) is 8.92. The van der Waals surface area contributed by atoms with Crippen LogP contribution in [0.2, 0.25) is 10.0 Å². The van der Waals surface area contributed by atoms with Gasteiger partial charge in [-0.3, -0.25) is 4.90 Å². The van der Waals surface area contributed by atoms with Crippen molar-refractivity contribution >= 4 is 28.9 Å². The van der Waals surface area contributed by atoms with Crippen LogP contribution in [0.4, 0.5) is 5.69 Å². The fourth-order valence-electron chi connectivity index (χ4n) is 2.71. The molecular weight excluding hydrogens is 319 g/mol. The third kappa shape index (κ3) is 3.73. The summed E-state index contributed by atoms with van der Waals surface area (Å²) < 4.78 is 5.88. The Kier molecular flexibility index (Phi) is 4.89. The lowest BCUT2D eigenvalue weighted by atomic mass is 10.1. The first kappa shape index (κ1) is 15.6. The highest BCUT2D eigenvalue weighted by Crippen LogP contribution is 2.29. The summed E-state index contributed by atoms with van der Waals surface area (Å²) >= 11 is 12.1. The Balaban J connectivity index is 1.69. The van der Waals surface area contributed by atoms with Gasteiger partial charge in [-0.15, -0.1) is 0 Å². The Morgan fingerprint density at radius 2 is 2.00 bits per heavy atom. The number of morpholine rings is 1. The van der Waals surface area contributed by atoms with Crippen LogP contribution in [-0.4, -0.2) is 24.6 Å². The lowest BCUT2D eigenvalue weighted by molar-refractivity contribution is -0.0329. The van der Waals surface area contributed by atoms with Crippen LogP contribution in [0.15, 0.2) is 42.5 Å². The van der Waals surface area contributed by atoms with Crippen molar-refractivity contribution in [3.8, 4) is 0 Å². The van der Waals surface area contributed by atoms with Crippen molar-refractivity contribution in [2.24, 2.45) is 0 Å². The highest BCUT2D eigenvalue weighted by Gasteiger charge is 2.22. The van der Waals surface area contributed by atoms with Crippen molar-refractivity contribution in [3.05, 3.63) is 63.6 Å². The van der Waals surface area contributed by atoms with Crippen molar-refractivity contribution in [3.63, 3.8) is 0 Å². The summed E-state index contributed by atoms with van der Waals surface area (Å²) in [6.07, 6.45) is 0.0181. The molecule has 0 saturated carbocycles. The topological polar surface area (TPSA) is 38.5 Å². The Morgan fingerprint density at radius 1 is 1.14 bits per heavy atom. The maximum Gasteiger partial charge on any atom is 0.0953 e. The molecule has 3 nitrogen and oxygen atoms in total. The van der Waals surface area contributed by atoms with E-state index in [9.17, 15) is 0 Å². The van der Waals surface area contributed by atoms with Crippen molar-refractivity contribution in [1.82, 2.24) is 4.90 Å². The van der Waals surface area contributed by atoms with E-state index in [4.69, 9.17) is 33.7 Å². The van der Waals surface area contributed by atoms with Gasteiger partial charge in [0.15, 0.2) is 0 Å². The number of anilines is 1. The summed E-state index contributed by atoms with van der Waals surface area (Å²) in [7, 11) is 0. The minimum absolute atomic E-state index is 0.0181. The maximum absolute atomic E-state index is 6.10. The number of benzene rings is 2. The zero-order valence-corrected chi connectivity index (χ0v) is 13.6. The van der Waals surface area contributed by atoms with Crippen molar-refractivity contribution < 1.29 is 4.74 Å². The smallest absolute Gasteiger partial charge is 0.0953 e. The Labute approximate surface area is 140 Å². The van der Waals surface area contributed by atoms with Gasteiger partial charge in [-0.05, 0) is 35.4 Å². The van der Waals surface area contributed by atoms with Gasteiger partial charge in [-0.25, -0.2) is 0 Å². The van der Waals surface area contributed by atoms with E-state index in [0.717, 1.165) is 30.9 Å². The molecule has 1 aliphatic rings. The average Bonchev–Trinajstić information content (AvgIpc) is 2.50.